The summed E-state index contributed by atoms with van der Waals surface area (Å²) in [5, 5.41) is 15.4. The molecule has 0 spiro atoms. The number of carbonyl (C=O) groups excluding carboxylic acids is 1. The summed E-state index contributed by atoms with van der Waals surface area (Å²) < 4.78 is 0. The van der Waals surface area contributed by atoms with Crippen molar-refractivity contribution in [1.29, 1.82) is 5.26 Å². The van der Waals surface area contributed by atoms with Crippen LogP contribution in [0.25, 0.3) is 0 Å². The molecule has 0 radical (unpaired) electrons. The lowest BCUT2D eigenvalue weighted by molar-refractivity contribution is -0.130. The second kappa shape index (κ2) is 7.18. The van der Waals surface area contributed by atoms with Crippen molar-refractivity contribution in [3.63, 3.8) is 0 Å². The van der Waals surface area contributed by atoms with Crippen LogP contribution in [-0.4, -0.2) is 52.0 Å². The number of aromatic nitrogens is 2. The van der Waals surface area contributed by atoms with Crippen molar-refractivity contribution >= 4 is 11.9 Å². The van der Waals surface area contributed by atoms with Crippen molar-refractivity contribution in [2.45, 2.75) is 38.3 Å². The van der Waals surface area contributed by atoms with Crippen molar-refractivity contribution in [3.05, 3.63) is 18.5 Å². The first-order valence-corrected chi connectivity index (χ1v) is 7.47. The summed E-state index contributed by atoms with van der Waals surface area (Å²) in [6, 6.07) is 3.68. The summed E-state index contributed by atoms with van der Waals surface area (Å²) in [6.45, 7) is 5.49. The fourth-order valence-corrected chi connectivity index (χ4v) is 2.37. The van der Waals surface area contributed by atoms with Gasteiger partial charge in [-0.1, -0.05) is 0 Å². The molecule has 0 aliphatic carbocycles. The summed E-state index contributed by atoms with van der Waals surface area (Å²) in [5.74, 6) is 0.542. The first kappa shape index (κ1) is 16.2. The normalized spacial score (nSPS) is 18.0. The predicted octanol–water partition coefficient (Wildman–Crippen LogP) is 0.771. The van der Waals surface area contributed by atoms with Crippen LogP contribution in [0.3, 0.4) is 0 Å². The Morgan fingerprint density at radius 2 is 2.23 bits per heavy atom. The van der Waals surface area contributed by atoms with Gasteiger partial charge >= 0.3 is 0 Å². The van der Waals surface area contributed by atoms with Gasteiger partial charge in [-0.25, -0.2) is 9.97 Å². The molecule has 1 aliphatic heterocycles. The van der Waals surface area contributed by atoms with E-state index < -0.39 is 0 Å². The van der Waals surface area contributed by atoms with E-state index in [1.54, 1.807) is 23.4 Å². The summed E-state index contributed by atoms with van der Waals surface area (Å²) in [4.78, 5) is 22.1. The summed E-state index contributed by atoms with van der Waals surface area (Å²) in [5.41, 5.74) is -0.295. The third kappa shape index (κ3) is 4.40. The zero-order chi connectivity index (χ0) is 16.0. The molecule has 1 atom stereocenters. The molecule has 1 aromatic rings. The number of hydrogen-bond acceptors (Lipinski definition) is 6. The molecule has 1 aromatic heterocycles. The van der Waals surface area contributed by atoms with Crippen LogP contribution < -0.4 is 10.6 Å². The number of hydrogen-bond donors (Lipinski definition) is 2. The molecule has 1 amide bonds. The van der Waals surface area contributed by atoms with Crippen LogP contribution in [-0.2, 0) is 4.79 Å². The molecule has 0 bridgehead atoms. The number of nitriles is 1. The molecule has 1 fully saturated rings. The van der Waals surface area contributed by atoms with Gasteiger partial charge in [0.05, 0.1) is 12.6 Å². The number of nitrogens with one attached hydrogen (secondary N) is 2. The highest BCUT2D eigenvalue weighted by molar-refractivity contribution is 5.79. The monoisotopic (exact) mass is 302 g/mol. The van der Waals surface area contributed by atoms with Crippen LogP contribution in [0.15, 0.2) is 18.5 Å². The Morgan fingerprint density at radius 3 is 2.91 bits per heavy atom. The quantitative estimate of drug-likeness (QED) is 0.806. The van der Waals surface area contributed by atoms with Gasteiger partial charge in [0.1, 0.15) is 6.04 Å². The Morgan fingerprint density at radius 1 is 1.50 bits per heavy atom. The highest BCUT2D eigenvalue weighted by Gasteiger charge is 2.29. The van der Waals surface area contributed by atoms with E-state index in [0.29, 0.717) is 19.0 Å². The van der Waals surface area contributed by atoms with Crippen molar-refractivity contribution in [3.8, 4) is 6.07 Å². The Bertz CT molecular complexity index is 539. The van der Waals surface area contributed by atoms with E-state index >= 15 is 0 Å². The Hall–Kier alpha value is -2.20. The second-order valence-corrected chi connectivity index (χ2v) is 6.04. The van der Waals surface area contributed by atoms with Crippen molar-refractivity contribution in [2.24, 2.45) is 0 Å². The minimum Gasteiger partial charge on any atom is -0.352 e. The maximum absolute atomic E-state index is 12.2. The third-order valence-corrected chi connectivity index (χ3v) is 3.69. The smallest absolute Gasteiger partial charge is 0.237 e. The van der Waals surface area contributed by atoms with Gasteiger partial charge in [0.2, 0.25) is 11.9 Å². The van der Waals surface area contributed by atoms with Gasteiger partial charge in [-0.05, 0) is 32.8 Å². The third-order valence-electron chi connectivity index (χ3n) is 3.69. The Labute approximate surface area is 130 Å². The van der Waals surface area contributed by atoms with Crippen LogP contribution in [0.4, 0.5) is 5.95 Å². The summed E-state index contributed by atoms with van der Waals surface area (Å²) in [6.07, 6.45) is 5.03. The molecule has 1 saturated heterocycles. The largest absolute Gasteiger partial charge is 0.352 e. The van der Waals surface area contributed by atoms with Crippen molar-refractivity contribution in [1.82, 2.24) is 20.2 Å². The first-order chi connectivity index (χ1) is 10.5. The Kier molecular flexibility index (Phi) is 5.28. The molecule has 2 N–H and O–H groups in total. The van der Waals surface area contributed by atoms with Gasteiger partial charge in [-0.2, -0.15) is 5.26 Å². The van der Waals surface area contributed by atoms with Gasteiger partial charge in [0.25, 0.3) is 0 Å². The maximum Gasteiger partial charge on any atom is 0.237 e. The number of anilines is 1. The van der Waals surface area contributed by atoms with Gasteiger partial charge in [-0.15, -0.1) is 0 Å². The van der Waals surface area contributed by atoms with Gasteiger partial charge in [-0.3, -0.25) is 4.79 Å². The fourth-order valence-electron chi connectivity index (χ4n) is 2.37. The molecule has 0 saturated carbocycles. The highest BCUT2D eigenvalue weighted by Crippen LogP contribution is 2.16. The number of carbonyl (C=O) groups is 1. The lowest BCUT2D eigenvalue weighted by Gasteiger charge is -2.28. The van der Waals surface area contributed by atoms with Crippen LogP contribution in [0.2, 0.25) is 0 Å². The lowest BCUT2D eigenvalue weighted by Crippen LogP contribution is -2.50. The van der Waals surface area contributed by atoms with Crippen LogP contribution >= 0.6 is 0 Å². The van der Waals surface area contributed by atoms with Crippen LogP contribution in [0, 0.1) is 11.3 Å². The minimum absolute atomic E-state index is 0.0203. The highest BCUT2D eigenvalue weighted by atomic mass is 16.2. The molecular formula is C15H22N6O. The van der Waals surface area contributed by atoms with Gasteiger partial charge in [0, 0.05) is 31.0 Å². The van der Waals surface area contributed by atoms with Gasteiger partial charge < -0.3 is 15.5 Å². The van der Waals surface area contributed by atoms with Crippen molar-refractivity contribution in [2.75, 3.05) is 25.0 Å². The summed E-state index contributed by atoms with van der Waals surface area (Å²) >= 11 is 0. The first-order valence-electron chi connectivity index (χ1n) is 7.47. The van der Waals surface area contributed by atoms with Crippen molar-refractivity contribution < 1.29 is 4.79 Å². The zero-order valence-corrected chi connectivity index (χ0v) is 13.0. The molecule has 2 rings (SSSR count). The van der Waals surface area contributed by atoms with Crippen LogP contribution in [0.5, 0.6) is 0 Å². The standard InChI is InChI=1S/C15H22N6O/c1-15(2,11-19-14-17-6-4-7-18-14)20-10-13(22)21-8-3-5-12(21)9-16/h4,6-7,12,20H,3,5,8,10-11H2,1-2H3,(H,17,18,19)/t12-/m0/s1. The van der Waals surface area contributed by atoms with E-state index in [4.69, 9.17) is 5.26 Å². The SMILES string of the molecule is CC(C)(CNc1ncccn1)NCC(=O)N1CCC[C@H]1C#N. The van der Waals surface area contributed by atoms with Gasteiger partial charge in [0.15, 0.2) is 0 Å². The number of amides is 1. The molecule has 0 unspecified atom stereocenters. The van der Waals surface area contributed by atoms with Crippen LogP contribution in [0.1, 0.15) is 26.7 Å². The minimum atomic E-state index is -0.295. The number of likely N-dealkylation sites (tertiary alicyclic amines) is 1. The zero-order valence-electron chi connectivity index (χ0n) is 13.0. The summed E-state index contributed by atoms with van der Waals surface area (Å²) in [7, 11) is 0. The number of rotatable bonds is 6. The number of nitrogens with zero attached hydrogens (tertiary/aromatic N) is 4. The molecule has 22 heavy (non-hydrogen) atoms. The molecule has 7 nitrogen and oxygen atoms in total. The maximum atomic E-state index is 12.2. The molecule has 118 valence electrons. The molecule has 1 aliphatic rings. The van der Waals surface area contributed by atoms with E-state index in [1.807, 2.05) is 13.8 Å². The van der Waals surface area contributed by atoms with E-state index in [0.717, 1.165) is 12.8 Å². The lowest BCUT2D eigenvalue weighted by atomic mass is 10.1. The van der Waals surface area contributed by atoms with E-state index in [1.165, 1.54) is 0 Å². The Balaban J connectivity index is 1.79. The molecule has 0 aromatic carbocycles. The van der Waals surface area contributed by atoms with E-state index in [-0.39, 0.29) is 24.0 Å². The topological polar surface area (TPSA) is 93.9 Å². The fraction of sp³-hybridized carbons (Fsp3) is 0.600. The second-order valence-electron chi connectivity index (χ2n) is 6.04. The van der Waals surface area contributed by atoms with E-state index in [2.05, 4.69) is 26.7 Å². The van der Waals surface area contributed by atoms with E-state index in [9.17, 15) is 4.79 Å². The average molecular weight is 302 g/mol. The average Bonchev–Trinajstić information content (AvgIpc) is 3.00. The molecule has 2 heterocycles. The predicted molar refractivity (Wildman–Crippen MR) is 83.0 cm³/mol. The molecule has 7 heteroatoms. The molecular weight excluding hydrogens is 280 g/mol.